The van der Waals surface area contributed by atoms with Crippen LogP contribution in [0.4, 0.5) is 0 Å². The first-order valence-corrected chi connectivity index (χ1v) is 8.55. The Bertz CT molecular complexity index is 634. The molecule has 0 saturated heterocycles. The Kier molecular flexibility index (Phi) is 6.11. The van der Waals surface area contributed by atoms with E-state index in [0.717, 1.165) is 32.4 Å². The molecule has 2 aromatic rings. The summed E-state index contributed by atoms with van der Waals surface area (Å²) in [5.74, 6) is 0.797. The van der Waals surface area contributed by atoms with Gasteiger partial charge in [0.15, 0.2) is 0 Å². The summed E-state index contributed by atoms with van der Waals surface area (Å²) in [6.07, 6.45) is 0. The van der Waals surface area contributed by atoms with Crippen LogP contribution >= 0.6 is 43.5 Å². The molecule has 2 rings (SSSR count). The molecule has 0 amide bonds. The maximum Gasteiger partial charge on any atom is 0.138 e. The molecule has 0 aromatic heterocycles. The van der Waals surface area contributed by atoms with Gasteiger partial charge >= 0.3 is 0 Å². The van der Waals surface area contributed by atoms with E-state index >= 15 is 0 Å². The Morgan fingerprint density at radius 1 is 1.24 bits per heavy atom. The lowest BCUT2D eigenvalue weighted by molar-refractivity contribution is 0.401. The second-order valence-electron chi connectivity index (χ2n) is 4.56. The molecular weight excluding hydrogens is 417 g/mol. The first-order valence-electron chi connectivity index (χ1n) is 6.58. The topological polar surface area (TPSA) is 21.3 Å². The average molecular weight is 434 g/mol. The van der Waals surface area contributed by atoms with Crippen LogP contribution in [-0.2, 0) is 0 Å². The Labute approximate surface area is 147 Å². The number of hydrogen-bond acceptors (Lipinski definition) is 2. The van der Waals surface area contributed by atoms with E-state index in [1.807, 2.05) is 24.3 Å². The van der Waals surface area contributed by atoms with Crippen LogP contribution < -0.4 is 10.1 Å². The van der Waals surface area contributed by atoms with Crippen molar-refractivity contribution in [2.24, 2.45) is 0 Å². The van der Waals surface area contributed by atoms with Gasteiger partial charge < -0.3 is 10.1 Å². The normalized spacial score (nSPS) is 12.2. The van der Waals surface area contributed by atoms with E-state index in [1.165, 1.54) is 0 Å². The van der Waals surface area contributed by atoms with E-state index in [0.29, 0.717) is 5.02 Å². The molecule has 0 bridgehead atoms. The molecule has 0 aliphatic rings. The molecule has 0 radical (unpaired) electrons. The van der Waals surface area contributed by atoms with E-state index in [9.17, 15) is 0 Å². The molecule has 112 valence electrons. The highest BCUT2D eigenvalue weighted by molar-refractivity contribution is 9.10. The van der Waals surface area contributed by atoms with Gasteiger partial charge in [0.05, 0.1) is 17.6 Å². The third kappa shape index (κ3) is 4.01. The zero-order valence-electron chi connectivity index (χ0n) is 11.8. The van der Waals surface area contributed by atoms with Gasteiger partial charge in [-0.3, -0.25) is 0 Å². The lowest BCUT2D eigenvalue weighted by Gasteiger charge is -2.22. The van der Waals surface area contributed by atoms with Crippen molar-refractivity contribution in [3.8, 4) is 5.75 Å². The standard InChI is InChI=1S/C16H16Br2ClNO/c1-3-20-15(10-5-4-6-11(17)7-10)13-8-12(19)9-14(18)16(13)21-2/h4-9,15,20H,3H2,1-2H3. The zero-order valence-corrected chi connectivity index (χ0v) is 15.7. The smallest absolute Gasteiger partial charge is 0.138 e. The number of halogens is 3. The van der Waals surface area contributed by atoms with Crippen LogP contribution in [0.5, 0.6) is 5.75 Å². The number of nitrogens with one attached hydrogen (secondary N) is 1. The highest BCUT2D eigenvalue weighted by Crippen LogP contribution is 2.38. The van der Waals surface area contributed by atoms with Crippen molar-refractivity contribution >= 4 is 43.5 Å². The van der Waals surface area contributed by atoms with Crippen molar-refractivity contribution in [3.63, 3.8) is 0 Å². The first-order chi connectivity index (χ1) is 10.1. The fourth-order valence-corrected chi connectivity index (χ4v) is 3.72. The summed E-state index contributed by atoms with van der Waals surface area (Å²) in [5.41, 5.74) is 2.16. The maximum atomic E-state index is 6.22. The third-order valence-corrected chi connectivity index (χ3v) is 4.44. The summed E-state index contributed by atoms with van der Waals surface area (Å²) in [5, 5.41) is 4.17. The minimum absolute atomic E-state index is 0.0115. The summed E-state index contributed by atoms with van der Waals surface area (Å²) in [6.45, 7) is 2.92. The molecule has 0 aliphatic carbocycles. The third-order valence-electron chi connectivity index (χ3n) is 3.14. The molecular formula is C16H16Br2ClNO. The minimum atomic E-state index is 0.0115. The van der Waals surface area contributed by atoms with Crippen molar-refractivity contribution in [1.29, 1.82) is 0 Å². The highest BCUT2D eigenvalue weighted by atomic mass is 79.9. The number of methoxy groups -OCH3 is 1. The maximum absolute atomic E-state index is 6.22. The average Bonchev–Trinajstić information content (AvgIpc) is 2.44. The van der Waals surface area contributed by atoms with Crippen LogP contribution in [0.2, 0.25) is 5.02 Å². The van der Waals surface area contributed by atoms with E-state index in [1.54, 1.807) is 7.11 Å². The summed E-state index contributed by atoms with van der Waals surface area (Å²) in [7, 11) is 1.67. The highest BCUT2D eigenvalue weighted by Gasteiger charge is 2.20. The Morgan fingerprint density at radius 2 is 2.00 bits per heavy atom. The van der Waals surface area contributed by atoms with E-state index < -0.39 is 0 Å². The van der Waals surface area contributed by atoms with Crippen LogP contribution in [0, 0.1) is 0 Å². The monoisotopic (exact) mass is 431 g/mol. The lowest BCUT2D eigenvalue weighted by atomic mass is 9.97. The fraction of sp³-hybridized carbons (Fsp3) is 0.250. The Hall–Kier alpha value is -0.550. The summed E-state index contributed by atoms with van der Waals surface area (Å²) < 4.78 is 7.45. The molecule has 2 aromatic carbocycles. The molecule has 1 N–H and O–H groups in total. The lowest BCUT2D eigenvalue weighted by Crippen LogP contribution is -2.22. The predicted molar refractivity (Wildman–Crippen MR) is 95.4 cm³/mol. The number of benzene rings is 2. The molecule has 1 atom stereocenters. The van der Waals surface area contributed by atoms with Crippen molar-refractivity contribution in [3.05, 3.63) is 61.5 Å². The zero-order chi connectivity index (χ0) is 15.4. The molecule has 0 aliphatic heterocycles. The Balaban J connectivity index is 2.57. The van der Waals surface area contributed by atoms with Gasteiger partial charge in [0.2, 0.25) is 0 Å². The Morgan fingerprint density at radius 3 is 2.62 bits per heavy atom. The van der Waals surface area contributed by atoms with Crippen molar-refractivity contribution < 1.29 is 4.74 Å². The summed E-state index contributed by atoms with van der Waals surface area (Å²) >= 11 is 13.3. The second-order valence-corrected chi connectivity index (χ2v) is 6.76. The number of hydrogen-bond donors (Lipinski definition) is 1. The molecule has 21 heavy (non-hydrogen) atoms. The SMILES string of the molecule is CCNC(c1cccc(Br)c1)c1cc(Cl)cc(Br)c1OC. The van der Waals surface area contributed by atoms with Gasteiger partial charge in [-0.25, -0.2) is 0 Å². The molecule has 0 saturated carbocycles. The van der Waals surface area contributed by atoms with Crippen LogP contribution in [0.3, 0.4) is 0 Å². The number of ether oxygens (including phenoxy) is 1. The van der Waals surface area contributed by atoms with Crippen LogP contribution in [0.15, 0.2) is 45.3 Å². The molecule has 0 fully saturated rings. The quantitative estimate of drug-likeness (QED) is 0.665. The largest absolute Gasteiger partial charge is 0.495 e. The van der Waals surface area contributed by atoms with Gasteiger partial charge in [-0.15, -0.1) is 0 Å². The molecule has 5 heteroatoms. The van der Waals surface area contributed by atoms with Gasteiger partial charge in [0.1, 0.15) is 5.75 Å². The molecule has 1 unspecified atom stereocenters. The summed E-state index contributed by atoms with van der Waals surface area (Å²) in [6, 6.07) is 12.0. The van der Waals surface area contributed by atoms with Crippen molar-refractivity contribution in [1.82, 2.24) is 5.32 Å². The van der Waals surface area contributed by atoms with E-state index in [2.05, 4.69) is 56.2 Å². The van der Waals surface area contributed by atoms with E-state index in [-0.39, 0.29) is 6.04 Å². The van der Waals surface area contributed by atoms with E-state index in [4.69, 9.17) is 16.3 Å². The molecule has 2 nitrogen and oxygen atoms in total. The van der Waals surface area contributed by atoms with Crippen molar-refractivity contribution in [2.45, 2.75) is 13.0 Å². The van der Waals surface area contributed by atoms with Crippen LogP contribution in [-0.4, -0.2) is 13.7 Å². The van der Waals surface area contributed by atoms with Crippen molar-refractivity contribution in [2.75, 3.05) is 13.7 Å². The van der Waals surface area contributed by atoms with Gasteiger partial charge in [-0.2, -0.15) is 0 Å². The molecule has 0 spiro atoms. The van der Waals surface area contributed by atoms with Gasteiger partial charge in [0, 0.05) is 15.1 Å². The fourth-order valence-electron chi connectivity index (χ4n) is 2.31. The molecule has 0 heterocycles. The first kappa shape index (κ1) is 16.8. The van der Waals surface area contributed by atoms with Gasteiger partial charge in [-0.1, -0.05) is 46.6 Å². The summed E-state index contributed by atoms with van der Waals surface area (Å²) in [4.78, 5) is 0. The predicted octanol–water partition coefficient (Wildman–Crippen LogP) is 5.57. The van der Waals surface area contributed by atoms with Crippen LogP contribution in [0.1, 0.15) is 24.1 Å². The number of rotatable bonds is 5. The second kappa shape index (κ2) is 7.63. The van der Waals surface area contributed by atoms with Gasteiger partial charge in [-0.05, 0) is 52.3 Å². The van der Waals surface area contributed by atoms with Gasteiger partial charge in [0.25, 0.3) is 0 Å². The van der Waals surface area contributed by atoms with Crippen LogP contribution in [0.25, 0.3) is 0 Å². The minimum Gasteiger partial charge on any atom is -0.495 e.